The number of hydrogen-bond acceptors (Lipinski definition) is 3. The molecule has 2 nitrogen and oxygen atoms in total. The average Bonchev–Trinajstić information content (AvgIpc) is 2.60. The molecule has 1 atom stereocenters. The first-order valence-corrected chi connectivity index (χ1v) is 8.67. The van der Waals surface area contributed by atoms with E-state index < -0.39 is 11.7 Å². The van der Waals surface area contributed by atoms with Crippen LogP contribution in [0, 0.1) is 0 Å². The number of benzene rings is 2. The highest BCUT2D eigenvalue weighted by Crippen LogP contribution is 2.41. The molecule has 1 heterocycles. The average molecular weight is 381 g/mol. The first kappa shape index (κ1) is 17.8. The van der Waals surface area contributed by atoms with Gasteiger partial charge in [-0.3, -0.25) is 0 Å². The second-order valence-electron chi connectivity index (χ2n) is 5.35. The van der Waals surface area contributed by atoms with Crippen molar-refractivity contribution in [3.63, 3.8) is 0 Å². The van der Waals surface area contributed by atoms with Crippen molar-refractivity contribution < 1.29 is 17.9 Å². The molecule has 0 aliphatic carbocycles. The summed E-state index contributed by atoms with van der Waals surface area (Å²) in [7, 11) is 1.60. The molecule has 2 aromatic rings. The molecule has 1 N–H and O–H groups in total. The van der Waals surface area contributed by atoms with Crippen molar-refractivity contribution in [1.29, 1.82) is 0 Å². The first-order valence-electron chi connectivity index (χ1n) is 7.38. The summed E-state index contributed by atoms with van der Waals surface area (Å²) in [6.07, 6.45) is -2.40. The molecule has 0 aromatic heterocycles. The molecule has 3 rings (SSSR count). The van der Waals surface area contributed by atoms with E-state index in [9.17, 15) is 13.2 Å². The topological polar surface area (TPSA) is 21.3 Å². The van der Waals surface area contributed by atoms with Crippen LogP contribution < -0.4 is 10.1 Å². The Hall–Kier alpha value is -1.99. The Morgan fingerprint density at radius 2 is 1.76 bits per heavy atom. The fourth-order valence-corrected chi connectivity index (χ4v) is 3.89. The maximum absolute atomic E-state index is 12.7. The van der Waals surface area contributed by atoms with Gasteiger partial charge in [-0.2, -0.15) is 13.2 Å². The Bertz CT molecular complexity index is 816. The van der Waals surface area contributed by atoms with Crippen molar-refractivity contribution >= 4 is 34.0 Å². The van der Waals surface area contributed by atoms with Gasteiger partial charge >= 0.3 is 6.18 Å². The summed E-state index contributed by atoms with van der Waals surface area (Å²) in [6.45, 7) is 0. The van der Waals surface area contributed by atoms with E-state index in [-0.39, 0.29) is 5.25 Å². The quantitative estimate of drug-likeness (QED) is 0.717. The second kappa shape index (κ2) is 7.09. The number of ether oxygens (including phenoxy) is 1. The van der Waals surface area contributed by atoms with Crippen molar-refractivity contribution in [3.05, 3.63) is 71.3 Å². The lowest BCUT2D eigenvalue weighted by Crippen LogP contribution is -2.22. The summed E-state index contributed by atoms with van der Waals surface area (Å²) < 4.78 is 44.1. The van der Waals surface area contributed by atoms with Gasteiger partial charge in [0.15, 0.2) is 0 Å². The Labute approximate surface area is 153 Å². The number of methoxy groups -OCH3 is 1. The maximum Gasteiger partial charge on any atom is 0.416 e. The molecule has 2 aromatic carbocycles. The Balaban J connectivity index is 1.95. The number of para-hydroxylation sites is 1. The molecule has 0 amide bonds. The predicted octanol–water partition coefficient (Wildman–Crippen LogP) is 5.42. The van der Waals surface area contributed by atoms with Gasteiger partial charge in [0.25, 0.3) is 0 Å². The van der Waals surface area contributed by atoms with E-state index in [0.717, 1.165) is 23.4 Å². The zero-order valence-corrected chi connectivity index (χ0v) is 14.8. The third-order valence-electron chi connectivity index (χ3n) is 3.76. The van der Waals surface area contributed by atoms with Gasteiger partial charge in [0.1, 0.15) is 10.1 Å². The maximum atomic E-state index is 12.7. The summed E-state index contributed by atoms with van der Waals surface area (Å²) in [5.74, 6) is 0.743. The smallest absolute Gasteiger partial charge is 0.416 e. The minimum absolute atomic E-state index is 0.0813. The van der Waals surface area contributed by atoms with Crippen molar-refractivity contribution in [2.75, 3.05) is 7.11 Å². The molecule has 1 unspecified atom stereocenters. The lowest BCUT2D eigenvalue weighted by molar-refractivity contribution is -0.137. The Kier molecular flexibility index (Phi) is 5.06. The van der Waals surface area contributed by atoms with Gasteiger partial charge < -0.3 is 10.1 Å². The minimum Gasteiger partial charge on any atom is -0.496 e. The lowest BCUT2D eigenvalue weighted by Gasteiger charge is -2.24. The Morgan fingerprint density at radius 1 is 1.08 bits per heavy atom. The summed E-state index contributed by atoms with van der Waals surface area (Å²) in [5, 5.41) is 2.98. The SMILES string of the molecule is COc1ccccc1C1C=C(c2ccc(C(F)(F)F)cc2)NC(=S)S1. The molecule has 0 spiro atoms. The van der Waals surface area contributed by atoms with Gasteiger partial charge in [-0.25, -0.2) is 0 Å². The third-order valence-corrected chi connectivity index (χ3v) is 5.11. The van der Waals surface area contributed by atoms with Crippen LogP contribution >= 0.6 is 24.0 Å². The predicted molar refractivity (Wildman–Crippen MR) is 98.5 cm³/mol. The molecule has 25 heavy (non-hydrogen) atoms. The van der Waals surface area contributed by atoms with Crippen molar-refractivity contribution in [3.8, 4) is 5.75 Å². The monoisotopic (exact) mass is 381 g/mol. The molecule has 0 bridgehead atoms. The van der Waals surface area contributed by atoms with Crippen LogP contribution in [0.1, 0.15) is 21.9 Å². The molecular formula is C18H14F3NOS2. The third kappa shape index (κ3) is 3.99. The molecular weight excluding hydrogens is 367 g/mol. The molecule has 0 saturated carbocycles. The highest BCUT2D eigenvalue weighted by atomic mass is 32.2. The van der Waals surface area contributed by atoms with Crippen LogP contribution in [0.25, 0.3) is 5.70 Å². The first-order chi connectivity index (χ1) is 11.9. The van der Waals surface area contributed by atoms with Crippen LogP contribution in [-0.4, -0.2) is 11.4 Å². The van der Waals surface area contributed by atoms with Gasteiger partial charge in [0.2, 0.25) is 0 Å². The van der Waals surface area contributed by atoms with Crippen LogP contribution in [0.2, 0.25) is 0 Å². The number of hydrogen-bond donors (Lipinski definition) is 1. The van der Waals surface area contributed by atoms with Crippen LogP contribution in [0.4, 0.5) is 13.2 Å². The molecule has 0 fully saturated rings. The highest BCUT2D eigenvalue weighted by Gasteiger charge is 2.30. The highest BCUT2D eigenvalue weighted by molar-refractivity contribution is 8.23. The van der Waals surface area contributed by atoms with Gasteiger partial charge in [-0.15, -0.1) is 0 Å². The van der Waals surface area contributed by atoms with E-state index in [1.54, 1.807) is 7.11 Å². The van der Waals surface area contributed by atoms with E-state index in [1.165, 1.54) is 23.9 Å². The molecule has 1 aliphatic heterocycles. The van der Waals surface area contributed by atoms with Crippen molar-refractivity contribution in [1.82, 2.24) is 5.32 Å². The number of thioether (sulfide) groups is 1. The summed E-state index contributed by atoms with van der Waals surface area (Å²) in [5.41, 5.74) is 1.62. The second-order valence-corrected chi connectivity index (χ2v) is 7.17. The van der Waals surface area contributed by atoms with E-state index >= 15 is 0 Å². The zero-order valence-electron chi connectivity index (χ0n) is 13.1. The van der Waals surface area contributed by atoms with E-state index in [2.05, 4.69) is 5.32 Å². The van der Waals surface area contributed by atoms with E-state index in [0.29, 0.717) is 15.6 Å². The number of nitrogens with one attached hydrogen (secondary N) is 1. The van der Waals surface area contributed by atoms with Crippen LogP contribution in [0.3, 0.4) is 0 Å². The van der Waals surface area contributed by atoms with Gasteiger partial charge in [-0.1, -0.05) is 54.3 Å². The van der Waals surface area contributed by atoms with Crippen LogP contribution in [0.5, 0.6) is 5.75 Å². The fraction of sp³-hybridized carbons (Fsp3) is 0.167. The molecule has 0 radical (unpaired) electrons. The fourth-order valence-electron chi connectivity index (χ4n) is 2.54. The van der Waals surface area contributed by atoms with E-state index in [1.807, 2.05) is 30.3 Å². The van der Waals surface area contributed by atoms with E-state index in [4.69, 9.17) is 17.0 Å². The largest absolute Gasteiger partial charge is 0.496 e. The number of rotatable bonds is 3. The molecule has 0 saturated heterocycles. The summed E-state index contributed by atoms with van der Waals surface area (Å²) in [6, 6.07) is 12.6. The molecule has 7 heteroatoms. The summed E-state index contributed by atoms with van der Waals surface area (Å²) >= 11 is 6.77. The Morgan fingerprint density at radius 3 is 2.40 bits per heavy atom. The van der Waals surface area contributed by atoms with Crippen molar-refractivity contribution in [2.45, 2.75) is 11.4 Å². The van der Waals surface area contributed by atoms with Gasteiger partial charge in [-0.05, 0) is 29.8 Å². The van der Waals surface area contributed by atoms with Crippen molar-refractivity contribution in [2.24, 2.45) is 0 Å². The van der Waals surface area contributed by atoms with Gasteiger partial charge in [0, 0.05) is 11.3 Å². The lowest BCUT2D eigenvalue weighted by atomic mass is 10.0. The minimum atomic E-state index is -4.35. The van der Waals surface area contributed by atoms with Gasteiger partial charge in [0.05, 0.1) is 17.9 Å². The standard InChI is InChI=1S/C18H14F3NOS2/c1-23-15-5-3-2-4-13(15)16-10-14(22-17(24)25-16)11-6-8-12(9-7-11)18(19,20)21/h2-10,16H,1H3,(H,22,24). The molecule has 130 valence electrons. The number of alkyl halides is 3. The van der Waals surface area contributed by atoms with Crippen LogP contribution in [-0.2, 0) is 6.18 Å². The number of thiocarbonyl (C=S) groups is 1. The van der Waals surface area contributed by atoms with Crippen LogP contribution in [0.15, 0.2) is 54.6 Å². The summed E-state index contributed by atoms with van der Waals surface area (Å²) in [4.78, 5) is 0. The number of halogens is 3. The normalized spacial score (nSPS) is 17.7. The molecule has 1 aliphatic rings. The zero-order chi connectivity index (χ0) is 18.0.